The van der Waals surface area contributed by atoms with Crippen molar-refractivity contribution in [1.82, 2.24) is 14.5 Å². The highest BCUT2D eigenvalue weighted by Gasteiger charge is 2.25. The Balaban J connectivity index is 2.39. The first-order valence-electron chi connectivity index (χ1n) is 10.0. The SMILES string of the molecule is CCP(=O)(CC)CO[C@H](CF)Cn1cc(C#N)c2c(Cl)nc(NC(=O)C(C)(C)C)nc21. The summed E-state index contributed by atoms with van der Waals surface area (Å²) < 4.78 is 33.4. The van der Waals surface area contributed by atoms with Crippen LogP contribution in [-0.2, 0) is 20.6 Å². The number of aromatic nitrogens is 3. The minimum absolute atomic E-state index is 0.00342. The van der Waals surface area contributed by atoms with Crippen LogP contribution >= 0.6 is 18.7 Å². The summed E-state index contributed by atoms with van der Waals surface area (Å²) in [5.41, 5.74) is -0.180. The van der Waals surface area contributed by atoms with Crippen molar-refractivity contribution in [3.05, 3.63) is 16.9 Å². The summed E-state index contributed by atoms with van der Waals surface area (Å²) in [5, 5.41) is 12.4. The largest absolute Gasteiger partial charge is 0.366 e. The third kappa shape index (κ3) is 6.03. The van der Waals surface area contributed by atoms with Crippen molar-refractivity contribution in [2.24, 2.45) is 5.41 Å². The molecule has 0 aliphatic heterocycles. The molecule has 0 bridgehead atoms. The standard InChI is InChI=1S/C20H28ClFN5O3P/c1-6-31(29,7-2)12-30-14(8-22)11-27-10-13(9-23)15-16(21)24-19(25-17(15)27)26-18(28)20(3,4)5/h10,14H,6-8,11-12H2,1-5H3,(H,24,25,26,28)/t14-/m1/s1. The summed E-state index contributed by atoms with van der Waals surface area (Å²) in [5.74, 6) is -0.318. The molecule has 8 nitrogen and oxygen atoms in total. The van der Waals surface area contributed by atoms with Crippen LogP contribution in [0.3, 0.4) is 0 Å². The van der Waals surface area contributed by atoms with E-state index < -0.39 is 25.3 Å². The van der Waals surface area contributed by atoms with Crippen LogP contribution in [0.2, 0.25) is 5.15 Å². The molecule has 1 atom stereocenters. The first-order chi connectivity index (χ1) is 14.5. The molecule has 0 aromatic carbocycles. The fourth-order valence-corrected chi connectivity index (χ4v) is 4.29. The molecule has 0 aliphatic rings. The van der Waals surface area contributed by atoms with Crippen molar-refractivity contribution in [1.29, 1.82) is 5.26 Å². The van der Waals surface area contributed by atoms with E-state index in [1.165, 1.54) is 6.20 Å². The average Bonchev–Trinajstić information content (AvgIpc) is 3.08. The van der Waals surface area contributed by atoms with Gasteiger partial charge in [0.2, 0.25) is 11.9 Å². The second kappa shape index (κ2) is 10.1. The minimum atomic E-state index is -2.49. The number of nitriles is 1. The number of ether oxygens (including phenoxy) is 1. The number of hydrogen-bond donors (Lipinski definition) is 1. The summed E-state index contributed by atoms with van der Waals surface area (Å²) in [4.78, 5) is 20.7. The van der Waals surface area contributed by atoms with Gasteiger partial charge in [-0.15, -0.1) is 0 Å². The van der Waals surface area contributed by atoms with Gasteiger partial charge >= 0.3 is 0 Å². The molecule has 0 saturated heterocycles. The predicted octanol–water partition coefficient (Wildman–Crippen LogP) is 4.66. The Morgan fingerprint density at radius 2 is 2.03 bits per heavy atom. The fraction of sp³-hybridized carbons (Fsp3) is 0.600. The summed E-state index contributed by atoms with van der Waals surface area (Å²) in [6.07, 6.45) is 1.56. The van der Waals surface area contributed by atoms with E-state index in [4.69, 9.17) is 16.3 Å². The average molecular weight is 472 g/mol. The fourth-order valence-electron chi connectivity index (χ4n) is 2.73. The number of carbonyl (C=O) groups excluding carboxylic acids is 1. The van der Waals surface area contributed by atoms with E-state index in [-0.39, 0.29) is 41.1 Å². The van der Waals surface area contributed by atoms with Crippen LogP contribution in [-0.4, -0.2) is 51.9 Å². The molecule has 1 N–H and O–H groups in total. The van der Waals surface area contributed by atoms with Crippen molar-refractivity contribution in [3.8, 4) is 6.07 Å². The molecule has 2 aromatic heterocycles. The van der Waals surface area contributed by atoms with E-state index in [1.807, 2.05) is 19.9 Å². The lowest BCUT2D eigenvalue weighted by Crippen LogP contribution is -2.28. The van der Waals surface area contributed by atoms with Gasteiger partial charge < -0.3 is 13.9 Å². The Labute approximate surface area is 186 Å². The molecule has 2 rings (SSSR count). The van der Waals surface area contributed by atoms with Gasteiger partial charge in [-0.3, -0.25) is 10.1 Å². The highest BCUT2D eigenvalue weighted by Crippen LogP contribution is 2.44. The number of rotatable bonds is 9. The van der Waals surface area contributed by atoms with Crippen LogP contribution in [0, 0.1) is 16.7 Å². The summed E-state index contributed by atoms with van der Waals surface area (Å²) in [6.45, 7) is 8.10. The van der Waals surface area contributed by atoms with Crippen LogP contribution in [0.1, 0.15) is 40.2 Å². The maximum atomic E-state index is 13.7. The van der Waals surface area contributed by atoms with E-state index >= 15 is 0 Å². The molecule has 0 spiro atoms. The van der Waals surface area contributed by atoms with Crippen LogP contribution in [0.4, 0.5) is 10.3 Å². The lowest BCUT2D eigenvalue weighted by atomic mass is 9.96. The molecule has 0 aliphatic carbocycles. The van der Waals surface area contributed by atoms with E-state index in [2.05, 4.69) is 15.3 Å². The molecule has 1 amide bonds. The number of amides is 1. The molecule has 2 aromatic rings. The zero-order valence-corrected chi connectivity index (χ0v) is 20.1. The second-order valence-corrected chi connectivity index (χ2v) is 12.3. The van der Waals surface area contributed by atoms with Crippen LogP contribution in [0.5, 0.6) is 0 Å². The van der Waals surface area contributed by atoms with Crippen molar-refractivity contribution in [3.63, 3.8) is 0 Å². The Morgan fingerprint density at radius 1 is 1.39 bits per heavy atom. The van der Waals surface area contributed by atoms with E-state index in [0.717, 1.165) is 0 Å². The second-order valence-electron chi connectivity index (χ2n) is 8.31. The number of carbonyl (C=O) groups is 1. The van der Waals surface area contributed by atoms with Crippen molar-refractivity contribution in [2.75, 3.05) is 30.7 Å². The van der Waals surface area contributed by atoms with E-state index in [0.29, 0.717) is 17.7 Å². The number of nitrogens with one attached hydrogen (secondary N) is 1. The highest BCUT2D eigenvalue weighted by atomic mass is 35.5. The van der Waals surface area contributed by atoms with Gasteiger partial charge in [0, 0.05) is 23.9 Å². The van der Waals surface area contributed by atoms with E-state index in [1.54, 1.807) is 25.3 Å². The first-order valence-corrected chi connectivity index (χ1v) is 12.6. The number of halogens is 2. The van der Waals surface area contributed by atoms with Gasteiger partial charge in [0.05, 0.1) is 17.5 Å². The monoisotopic (exact) mass is 471 g/mol. The normalized spacial score (nSPS) is 13.2. The Hall–Kier alpha value is -2.01. The van der Waals surface area contributed by atoms with Crippen molar-refractivity contribution >= 4 is 41.6 Å². The molecule has 0 fully saturated rings. The zero-order chi connectivity index (χ0) is 23.4. The molecular weight excluding hydrogens is 444 g/mol. The summed E-state index contributed by atoms with van der Waals surface area (Å²) in [6, 6.07) is 2.03. The molecule has 170 valence electrons. The van der Waals surface area contributed by atoms with Gasteiger partial charge in [0.25, 0.3) is 0 Å². The zero-order valence-electron chi connectivity index (χ0n) is 18.4. The lowest BCUT2D eigenvalue weighted by molar-refractivity contribution is -0.123. The molecule has 11 heteroatoms. The lowest BCUT2D eigenvalue weighted by Gasteiger charge is -2.20. The molecule has 0 unspecified atom stereocenters. The Morgan fingerprint density at radius 3 is 2.55 bits per heavy atom. The number of fused-ring (bicyclic) bond motifs is 1. The van der Waals surface area contributed by atoms with Gasteiger partial charge in [-0.2, -0.15) is 15.2 Å². The third-order valence-electron chi connectivity index (χ3n) is 4.97. The van der Waals surface area contributed by atoms with Crippen LogP contribution in [0.15, 0.2) is 6.20 Å². The maximum Gasteiger partial charge on any atom is 0.232 e. The number of anilines is 1. The number of alkyl halides is 1. The third-order valence-corrected chi connectivity index (χ3v) is 8.17. The molecule has 31 heavy (non-hydrogen) atoms. The highest BCUT2D eigenvalue weighted by molar-refractivity contribution is 7.63. The van der Waals surface area contributed by atoms with Crippen LogP contribution < -0.4 is 5.32 Å². The summed E-state index contributed by atoms with van der Waals surface area (Å²) in [7, 11) is -2.49. The Kier molecular flexibility index (Phi) is 8.21. The quantitative estimate of drug-likeness (QED) is 0.421. The van der Waals surface area contributed by atoms with Crippen molar-refractivity contribution in [2.45, 2.75) is 47.3 Å². The maximum absolute atomic E-state index is 13.7. The van der Waals surface area contributed by atoms with E-state index in [9.17, 15) is 19.0 Å². The van der Waals surface area contributed by atoms with Gasteiger partial charge in [0.15, 0.2) is 0 Å². The predicted molar refractivity (Wildman–Crippen MR) is 120 cm³/mol. The molecule has 0 radical (unpaired) electrons. The summed E-state index contributed by atoms with van der Waals surface area (Å²) >= 11 is 6.28. The van der Waals surface area contributed by atoms with Gasteiger partial charge in [-0.25, -0.2) is 4.39 Å². The van der Waals surface area contributed by atoms with Crippen molar-refractivity contribution < 1.29 is 18.5 Å². The van der Waals surface area contributed by atoms with Gasteiger partial charge in [-0.1, -0.05) is 46.2 Å². The topological polar surface area (TPSA) is 110 Å². The van der Waals surface area contributed by atoms with Crippen LogP contribution in [0.25, 0.3) is 11.0 Å². The minimum Gasteiger partial charge on any atom is -0.366 e. The molecule has 2 heterocycles. The number of hydrogen-bond acceptors (Lipinski definition) is 6. The Bertz CT molecular complexity index is 1040. The number of nitrogens with zero attached hydrogens (tertiary/aromatic N) is 4. The van der Waals surface area contributed by atoms with Gasteiger partial charge in [-0.05, 0) is 0 Å². The molecular formula is C20H28ClFN5O3P. The van der Waals surface area contributed by atoms with Gasteiger partial charge in [0.1, 0.15) is 43.1 Å². The molecule has 0 saturated carbocycles. The smallest absolute Gasteiger partial charge is 0.232 e. The first kappa shape index (κ1) is 25.3.